The minimum absolute atomic E-state index is 0.0224. The lowest BCUT2D eigenvalue weighted by atomic mass is 10.1. The second kappa shape index (κ2) is 9.53. The van der Waals surface area contributed by atoms with Gasteiger partial charge in [0.15, 0.2) is 0 Å². The van der Waals surface area contributed by atoms with Crippen molar-refractivity contribution >= 4 is 85.3 Å². The maximum absolute atomic E-state index is 12.1. The molecule has 0 aliphatic rings. The van der Waals surface area contributed by atoms with Crippen molar-refractivity contribution < 1.29 is 19.4 Å². The van der Waals surface area contributed by atoms with E-state index in [1.54, 1.807) is 43.1 Å². The van der Waals surface area contributed by atoms with E-state index in [0.29, 0.717) is 21.3 Å². The molecule has 5 nitrogen and oxygen atoms in total. The third kappa shape index (κ3) is 4.80. The minimum Gasteiger partial charge on any atom is -0.478 e. The number of anilines is 1. The third-order valence-corrected chi connectivity index (χ3v) is 6.30. The highest BCUT2D eigenvalue weighted by Gasteiger charge is 2.27. The first-order valence-corrected chi connectivity index (χ1v) is 10.9. The second-order valence-corrected chi connectivity index (χ2v) is 8.79. The Morgan fingerprint density at radius 3 is 2.31 bits per heavy atom. The Kier molecular flexibility index (Phi) is 7.94. The summed E-state index contributed by atoms with van der Waals surface area (Å²) in [5, 5.41) is 9.63. The fourth-order valence-electron chi connectivity index (χ4n) is 2.35. The highest BCUT2D eigenvalue weighted by molar-refractivity contribution is 14.1. The molecule has 8 heteroatoms. The molecular weight excluding hydrogens is 675 g/mol. The van der Waals surface area contributed by atoms with Crippen molar-refractivity contribution in [1.29, 1.82) is 0 Å². The van der Waals surface area contributed by atoms with E-state index in [1.165, 1.54) is 0 Å². The highest BCUT2D eigenvalue weighted by atomic mass is 127. The van der Waals surface area contributed by atoms with E-state index in [2.05, 4.69) is 67.8 Å². The Balaban J connectivity index is 2.52. The predicted octanol–water partition coefficient (Wildman–Crippen LogP) is 5.08. The highest BCUT2D eigenvalue weighted by Crippen LogP contribution is 2.40. The Morgan fingerprint density at radius 1 is 1.15 bits per heavy atom. The van der Waals surface area contributed by atoms with Gasteiger partial charge in [0.05, 0.1) is 12.8 Å². The fourth-order valence-corrected chi connectivity index (χ4v) is 6.70. The van der Waals surface area contributed by atoms with E-state index in [0.717, 1.165) is 12.8 Å². The van der Waals surface area contributed by atoms with Crippen molar-refractivity contribution in [2.45, 2.75) is 19.4 Å². The van der Waals surface area contributed by atoms with Gasteiger partial charge in [0.25, 0.3) is 0 Å². The third-order valence-electron chi connectivity index (χ3n) is 3.68. The van der Waals surface area contributed by atoms with Crippen LogP contribution in [0.3, 0.4) is 0 Å². The number of carbonyl (C=O) groups is 2. The Hall–Kier alpha value is -0.630. The summed E-state index contributed by atoms with van der Waals surface area (Å²) in [6, 6.07) is 10.7. The van der Waals surface area contributed by atoms with Gasteiger partial charge >= 0.3 is 5.97 Å². The molecule has 1 atom stereocenters. The van der Waals surface area contributed by atoms with E-state index in [4.69, 9.17) is 4.74 Å². The van der Waals surface area contributed by atoms with Crippen LogP contribution in [-0.2, 0) is 9.59 Å². The molecule has 1 amide bonds. The molecule has 0 spiro atoms. The van der Waals surface area contributed by atoms with Gasteiger partial charge in [-0.05, 0) is 73.8 Å². The Labute approximate surface area is 192 Å². The molecule has 0 fully saturated rings. The number of ether oxygens (including phenoxy) is 1. The molecule has 0 aliphatic carbocycles. The van der Waals surface area contributed by atoms with Gasteiger partial charge in [0.2, 0.25) is 12.0 Å². The zero-order valence-electron chi connectivity index (χ0n) is 14.0. The predicted molar refractivity (Wildman–Crippen MR) is 126 cm³/mol. The van der Waals surface area contributed by atoms with Gasteiger partial charge in [-0.2, -0.15) is 0 Å². The maximum Gasteiger partial charge on any atom is 0.349 e. The first-order valence-electron chi connectivity index (χ1n) is 7.66. The molecule has 1 N–H and O–H groups in total. The zero-order chi connectivity index (χ0) is 19.4. The monoisotopic (exact) mass is 691 g/mol. The van der Waals surface area contributed by atoms with Crippen LogP contribution in [0.4, 0.5) is 5.69 Å². The summed E-state index contributed by atoms with van der Waals surface area (Å²) in [4.78, 5) is 25.5. The first kappa shape index (κ1) is 21.7. The van der Waals surface area contributed by atoms with Crippen LogP contribution in [0.2, 0.25) is 0 Å². The zero-order valence-corrected chi connectivity index (χ0v) is 20.5. The van der Waals surface area contributed by atoms with Gasteiger partial charge in [0.1, 0.15) is 5.75 Å². The summed E-state index contributed by atoms with van der Waals surface area (Å²) >= 11 is 6.41. The van der Waals surface area contributed by atoms with E-state index in [1.807, 2.05) is 12.1 Å². The average molecular weight is 691 g/mol. The van der Waals surface area contributed by atoms with Gasteiger partial charge in [-0.15, -0.1) is 0 Å². The summed E-state index contributed by atoms with van der Waals surface area (Å²) in [7, 11) is 1.72. The van der Waals surface area contributed by atoms with Crippen LogP contribution in [0.25, 0.3) is 0 Å². The molecule has 2 aromatic rings. The van der Waals surface area contributed by atoms with Crippen LogP contribution >= 0.6 is 67.8 Å². The van der Waals surface area contributed by atoms with Gasteiger partial charge in [-0.1, -0.05) is 37.3 Å². The van der Waals surface area contributed by atoms with Crippen molar-refractivity contribution in [1.82, 2.24) is 0 Å². The van der Waals surface area contributed by atoms with Crippen LogP contribution in [0.15, 0.2) is 36.4 Å². The standard InChI is InChI=1S/C18H16I3NO4/c1-3-13(23)22(2)15-11(19)9-12(20)17(14(15)21)26-16(18(24)25)10-7-5-4-6-8-10/h4-9,16H,3H2,1-2H3,(H,24,25). The molecule has 0 bridgehead atoms. The summed E-state index contributed by atoms with van der Waals surface area (Å²) in [6.07, 6.45) is -0.745. The number of carbonyl (C=O) groups excluding carboxylic acids is 1. The molecule has 0 aliphatic heterocycles. The lowest BCUT2D eigenvalue weighted by Gasteiger charge is -2.24. The second-order valence-electron chi connectivity index (χ2n) is 5.39. The van der Waals surface area contributed by atoms with Crippen LogP contribution < -0.4 is 9.64 Å². The molecule has 0 saturated carbocycles. The van der Waals surface area contributed by atoms with Crippen molar-refractivity contribution in [3.05, 3.63) is 52.7 Å². The van der Waals surface area contributed by atoms with Crippen LogP contribution in [0, 0.1) is 10.7 Å². The number of halogens is 3. The molecule has 0 heterocycles. The summed E-state index contributed by atoms with van der Waals surface area (Å²) in [6.45, 7) is 1.80. The summed E-state index contributed by atoms with van der Waals surface area (Å²) < 4.78 is 8.33. The molecule has 138 valence electrons. The quantitative estimate of drug-likeness (QED) is 0.430. The van der Waals surface area contributed by atoms with Gasteiger partial charge in [0, 0.05) is 22.6 Å². The molecule has 26 heavy (non-hydrogen) atoms. The molecule has 0 aromatic heterocycles. The molecule has 0 radical (unpaired) electrons. The average Bonchev–Trinajstić information content (AvgIpc) is 2.60. The van der Waals surface area contributed by atoms with E-state index in [-0.39, 0.29) is 5.91 Å². The van der Waals surface area contributed by atoms with Crippen molar-refractivity contribution in [2.24, 2.45) is 0 Å². The molecule has 1 unspecified atom stereocenters. The van der Waals surface area contributed by atoms with E-state index in [9.17, 15) is 14.7 Å². The number of amides is 1. The number of hydrogen-bond acceptors (Lipinski definition) is 3. The Bertz CT molecular complexity index is 827. The summed E-state index contributed by atoms with van der Waals surface area (Å²) in [5.41, 5.74) is 1.29. The molecule has 2 aromatic carbocycles. The lowest BCUT2D eigenvalue weighted by Crippen LogP contribution is -2.27. The van der Waals surface area contributed by atoms with E-state index >= 15 is 0 Å². The molecule has 2 rings (SSSR count). The molecule has 0 saturated heterocycles. The smallest absolute Gasteiger partial charge is 0.349 e. The lowest BCUT2D eigenvalue weighted by molar-refractivity contribution is -0.145. The first-order chi connectivity index (χ1) is 12.3. The van der Waals surface area contributed by atoms with Gasteiger partial charge in [-0.3, -0.25) is 4.79 Å². The normalized spacial score (nSPS) is 11.7. The van der Waals surface area contributed by atoms with Crippen molar-refractivity contribution in [3.8, 4) is 5.75 Å². The number of rotatable bonds is 6. The summed E-state index contributed by atoms with van der Waals surface area (Å²) in [5.74, 6) is -0.625. The van der Waals surface area contributed by atoms with Gasteiger partial charge < -0.3 is 14.7 Å². The van der Waals surface area contributed by atoms with E-state index < -0.39 is 12.1 Å². The molecular formula is C18H16I3NO4. The number of benzene rings is 2. The van der Waals surface area contributed by atoms with Crippen LogP contribution in [-0.4, -0.2) is 24.0 Å². The largest absolute Gasteiger partial charge is 0.478 e. The number of nitrogens with zero attached hydrogens (tertiary/aromatic N) is 1. The number of carboxylic acid groups (broad SMARTS) is 1. The number of carboxylic acids is 1. The topological polar surface area (TPSA) is 66.8 Å². The minimum atomic E-state index is -1.13. The maximum atomic E-state index is 12.1. The van der Waals surface area contributed by atoms with Gasteiger partial charge in [-0.25, -0.2) is 4.79 Å². The fraction of sp³-hybridized carbons (Fsp3) is 0.222. The number of hydrogen-bond donors (Lipinski definition) is 1. The SMILES string of the molecule is CCC(=O)N(C)c1c(I)cc(I)c(OC(C(=O)O)c2ccccc2)c1I. The van der Waals surface area contributed by atoms with Crippen LogP contribution in [0.1, 0.15) is 25.0 Å². The van der Waals surface area contributed by atoms with Crippen molar-refractivity contribution in [2.75, 3.05) is 11.9 Å². The Morgan fingerprint density at radius 2 is 1.77 bits per heavy atom. The number of aliphatic carboxylic acids is 1. The van der Waals surface area contributed by atoms with Crippen molar-refractivity contribution in [3.63, 3.8) is 0 Å². The van der Waals surface area contributed by atoms with Crippen LogP contribution in [0.5, 0.6) is 5.75 Å².